The Kier molecular flexibility index (Phi) is 3.77. The minimum absolute atomic E-state index is 0.0775. The van der Waals surface area contributed by atoms with E-state index in [-0.39, 0.29) is 4.90 Å². The summed E-state index contributed by atoms with van der Waals surface area (Å²) in [5.41, 5.74) is 1.75. The highest BCUT2D eigenvalue weighted by Gasteiger charge is 2.24. The summed E-state index contributed by atoms with van der Waals surface area (Å²) in [4.78, 5) is 8.38. The highest BCUT2D eigenvalue weighted by Crippen LogP contribution is 2.24. The molecule has 23 heavy (non-hydrogen) atoms. The quantitative estimate of drug-likeness (QED) is 0.728. The zero-order valence-electron chi connectivity index (χ0n) is 13.0. The zero-order valence-corrected chi connectivity index (χ0v) is 13.8. The molecule has 0 unspecified atom stereocenters. The van der Waals surface area contributed by atoms with Gasteiger partial charge in [0.25, 0.3) is 15.7 Å². The van der Waals surface area contributed by atoms with E-state index in [1.807, 2.05) is 19.9 Å². The molecule has 0 aliphatic heterocycles. The molecule has 120 valence electrons. The number of anilines is 1. The van der Waals surface area contributed by atoms with Crippen LogP contribution in [0.2, 0.25) is 0 Å². The Morgan fingerprint density at radius 2 is 2.09 bits per heavy atom. The van der Waals surface area contributed by atoms with Gasteiger partial charge >= 0.3 is 0 Å². The van der Waals surface area contributed by atoms with E-state index >= 15 is 0 Å². The van der Waals surface area contributed by atoms with E-state index in [0.29, 0.717) is 29.0 Å². The van der Waals surface area contributed by atoms with E-state index in [1.54, 1.807) is 18.2 Å². The van der Waals surface area contributed by atoms with Crippen LogP contribution in [0.25, 0.3) is 11.1 Å². The minimum atomic E-state index is -3.76. The molecule has 0 fully saturated rings. The number of aromatic nitrogens is 3. The highest BCUT2D eigenvalue weighted by atomic mass is 32.2. The summed E-state index contributed by atoms with van der Waals surface area (Å²) in [5.74, 6) is 0.353. The largest absolute Gasteiger partial charge is 0.336 e. The number of nitrogens with zero attached hydrogens (tertiary/aromatic N) is 4. The number of rotatable bonds is 4. The van der Waals surface area contributed by atoms with E-state index in [2.05, 4.69) is 15.1 Å². The number of pyridine rings is 2. The van der Waals surface area contributed by atoms with E-state index in [0.717, 1.165) is 10.00 Å². The first kappa shape index (κ1) is 15.4. The monoisotopic (exact) mass is 332 g/mol. The van der Waals surface area contributed by atoms with E-state index in [1.165, 1.54) is 13.2 Å². The summed E-state index contributed by atoms with van der Waals surface area (Å²) in [6, 6.07) is 6.76. The Morgan fingerprint density at radius 1 is 1.30 bits per heavy atom. The Labute approximate surface area is 134 Å². The predicted molar refractivity (Wildman–Crippen MR) is 85.7 cm³/mol. The number of fused-ring (bicyclic) bond motifs is 1. The van der Waals surface area contributed by atoms with E-state index in [9.17, 15) is 8.42 Å². The smallest absolute Gasteiger partial charge is 0.266 e. The molecule has 0 aliphatic rings. The van der Waals surface area contributed by atoms with Crippen molar-refractivity contribution in [2.45, 2.75) is 25.2 Å². The van der Waals surface area contributed by atoms with Crippen molar-refractivity contribution in [3.63, 3.8) is 0 Å². The maximum absolute atomic E-state index is 12.8. The predicted octanol–water partition coefficient (Wildman–Crippen LogP) is 2.31. The number of hydrogen-bond donors (Lipinski definition) is 0. The lowest BCUT2D eigenvalue weighted by Crippen LogP contribution is -2.27. The van der Waals surface area contributed by atoms with Crippen LogP contribution < -0.4 is 4.31 Å². The van der Waals surface area contributed by atoms with Gasteiger partial charge in [-0.1, -0.05) is 18.1 Å². The molecular weight excluding hydrogens is 316 g/mol. The van der Waals surface area contributed by atoms with Crippen molar-refractivity contribution >= 4 is 26.9 Å². The van der Waals surface area contributed by atoms with Crippen LogP contribution in [0.1, 0.15) is 18.3 Å². The average molecular weight is 332 g/mol. The van der Waals surface area contributed by atoms with Gasteiger partial charge in [0, 0.05) is 12.7 Å². The van der Waals surface area contributed by atoms with Crippen molar-refractivity contribution in [2.24, 2.45) is 0 Å². The molecule has 3 aromatic rings. The van der Waals surface area contributed by atoms with Gasteiger partial charge in [-0.05, 0) is 31.5 Å². The van der Waals surface area contributed by atoms with Gasteiger partial charge in [0.05, 0.1) is 17.3 Å². The van der Waals surface area contributed by atoms with Crippen molar-refractivity contribution in [2.75, 3.05) is 11.4 Å². The summed E-state index contributed by atoms with van der Waals surface area (Å²) < 4.78 is 31.8. The van der Waals surface area contributed by atoms with Crippen molar-refractivity contribution < 1.29 is 12.9 Å². The minimum Gasteiger partial charge on any atom is -0.336 e. The van der Waals surface area contributed by atoms with Crippen LogP contribution >= 0.6 is 0 Å². The zero-order chi connectivity index (χ0) is 16.6. The molecule has 8 heteroatoms. The first-order valence-electron chi connectivity index (χ1n) is 7.10. The molecule has 0 N–H and O–H groups in total. The Bertz CT molecular complexity index is 966. The average Bonchev–Trinajstić information content (AvgIpc) is 2.96. The first-order valence-corrected chi connectivity index (χ1v) is 8.54. The standard InChI is InChI=1S/C15H16N4O3S/c1-4-13-12-8-11(9-16-15(12)22-18-13)23(20,21)19(3)14-7-5-6-10(2)17-14/h5-9H,4H2,1-3H3. The second-order valence-corrected chi connectivity index (χ2v) is 7.09. The van der Waals surface area contributed by atoms with Gasteiger partial charge in [0.1, 0.15) is 10.7 Å². The Morgan fingerprint density at radius 3 is 2.78 bits per heavy atom. The molecule has 0 saturated heterocycles. The molecule has 3 aromatic heterocycles. The van der Waals surface area contributed by atoms with E-state index < -0.39 is 10.0 Å². The Hall–Kier alpha value is -2.48. The second-order valence-electron chi connectivity index (χ2n) is 5.12. The van der Waals surface area contributed by atoms with Gasteiger partial charge in [-0.15, -0.1) is 0 Å². The number of aryl methyl sites for hydroxylation is 2. The molecule has 0 bridgehead atoms. The SMILES string of the molecule is CCc1noc2ncc(S(=O)(=O)N(C)c3cccc(C)n3)cc12. The molecular formula is C15H16N4O3S. The second kappa shape index (κ2) is 5.62. The molecule has 0 aromatic carbocycles. The summed E-state index contributed by atoms with van der Waals surface area (Å²) in [6.07, 6.45) is 1.90. The maximum Gasteiger partial charge on any atom is 0.266 e. The molecule has 0 aliphatic carbocycles. The fourth-order valence-electron chi connectivity index (χ4n) is 2.24. The van der Waals surface area contributed by atoms with Crippen LogP contribution in [-0.4, -0.2) is 30.6 Å². The van der Waals surface area contributed by atoms with Crippen molar-refractivity contribution in [3.8, 4) is 0 Å². The normalized spacial score (nSPS) is 11.8. The molecule has 0 radical (unpaired) electrons. The summed E-state index contributed by atoms with van der Waals surface area (Å²) in [7, 11) is -2.30. The van der Waals surface area contributed by atoms with Crippen molar-refractivity contribution in [1.29, 1.82) is 0 Å². The van der Waals surface area contributed by atoms with Gasteiger partial charge in [-0.2, -0.15) is 0 Å². The first-order chi connectivity index (χ1) is 10.9. The number of hydrogen-bond acceptors (Lipinski definition) is 6. The van der Waals surface area contributed by atoms with Gasteiger partial charge in [-0.3, -0.25) is 4.31 Å². The highest BCUT2D eigenvalue weighted by molar-refractivity contribution is 7.92. The van der Waals surface area contributed by atoms with Crippen molar-refractivity contribution in [3.05, 3.63) is 41.9 Å². The van der Waals surface area contributed by atoms with Gasteiger partial charge in [-0.25, -0.2) is 18.4 Å². The lowest BCUT2D eigenvalue weighted by atomic mass is 10.2. The Balaban J connectivity index is 2.08. The lowest BCUT2D eigenvalue weighted by Gasteiger charge is -2.18. The van der Waals surface area contributed by atoms with Crippen LogP contribution in [0.4, 0.5) is 5.82 Å². The van der Waals surface area contributed by atoms with Crippen LogP contribution in [0.15, 0.2) is 39.9 Å². The molecule has 0 amide bonds. The third kappa shape index (κ3) is 2.65. The lowest BCUT2D eigenvalue weighted by molar-refractivity contribution is 0.439. The third-order valence-electron chi connectivity index (χ3n) is 3.57. The van der Waals surface area contributed by atoms with Crippen LogP contribution in [0, 0.1) is 6.92 Å². The van der Waals surface area contributed by atoms with Gasteiger partial charge in [0.2, 0.25) is 0 Å². The van der Waals surface area contributed by atoms with Crippen LogP contribution in [0.3, 0.4) is 0 Å². The van der Waals surface area contributed by atoms with Crippen molar-refractivity contribution in [1.82, 2.24) is 15.1 Å². The molecule has 0 saturated carbocycles. The molecule has 3 rings (SSSR count). The maximum atomic E-state index is 12.8. The summed E-state index contributed by atoms with van der Waals surface area (Å²) >= 11 is 0. The van der Waals surface area contributed by atoms with Crippen LogP contribution in [-0.2, 0) is 16.4 Å². The van der Waals surface area contributed by atoms with Gasteiger partial charge in [0.15, 0.2) is 0 Å². The fraction of sp³-hybridized carbons (Fsp3) is 0.267. The molecule has 0 atom stereocenters. The molecule has 0 spiro atoms. The third-order valence-corrected chi connectivity index (χ3v) is 5.30. The molecule has 3 heterocycles. The van der Waals surface area contributed by atoms with E-state index in [4.69, 9.17) is 4.52 Å². The fourth-order valence-corrected chi connectivity index (χ4v) is 3.36. The topological polar surface area (TPSA) is 89.2 Å². The van der Waals surface area contributed by atoms with Gasteiger partial charge < -0.3 is 4.52 Å². The summed E-state index contributed by atoms with van der Waals surface area (Å²) in [6.45, 7) is 3.73. The summed E-state index contributed by atoms with van der Waals surface area (Å²) in [5, 5.41) is 4.50. The van der Waals surface area contributed by atoms with Crippen LogP contribution in [0.5, 0.6) is 0 Å². The molecule has 7 nitrogen and oxygen atoms in total. The number of sulfonamides is 1.